The predicted molar refractivity (Wildman–Crippen MR) is 132 cm³/mol. The van der Waals surface area contributed by atoms with Crippen LogP contribution in [0.25, 0.3) is 0 Å². The van der Waals surface area contributed by atoms with E-state index in [1.807, 2.05) is 0 Å². The van der Waals surface area contributed by atoms with Gasteiger partial charge in [-0.15, -0.1) is 0 Å². The Morgan fingerprint density at radius 3 is 1.27 bits per heavy atom. The molecular formula is C31H20F6O3. The third-order valence-electron chi connectivity index (χ3n) is 7.34. The smallest absolute Gasteiger partial charge is 0.347 e. The molecule has 4 aromatic rings. The second-order valence-corrected chi connectivity index (χ2v) is 9.77. The van der Waals surface area contributed by atoms with Gasteiger partial charge in [0.1, 0.15) is 12.2 Å². The quantitative estimate of drug-likeness (QED) is 0.180. The van der Waals surface area contributed by atoms with Crippen LogP contribution in [0.1, 0.15) is 45.6 Å². The highest BCUT2D eigenvalue weighted by molar-refractivity contribution is 6.02. The maximum atomic E-state index is 14.6. The van der Waals surface area contributed by atoms with E-state index in [-0.39, 0.29) is 11.1 Å². The molecule has 2 aliphatic heterocycles. The lowest BCUT2D eigenvalue weighted by Crippen LogP contribution is -2.36. The minimum absolute atomic E-state index is 0.145. The molecule has 0 aliphatic carbocycles. The molecule has 3 nitrogen and oxygen atoms in total. The van der Waals surface area contributed by atoms with Crippen LogP contribution in [0, 0.1) is 0 Å². The minimum Gasteiger partial charge on any atom is -0.347 e. The Kier molecular flexibility index (Phi) is 5.94. The SMILES string of the molecule is O=C(C1(c2ccccc2)OC1c1cccc(C(F)(F)F)c1)C1(c2ccccc2)OC1c1cccc(C(F)(F)F)c1. The van der Waals surface area contributed by atoms with Gasteiger partial charge in [0.2, 0.25) is 5.78 Å². The first-order valence-electron chi connectivity index (χ1n) is 12.3. The van der Waals surface area contributed by atoms with Crippen LogP contribution in [0.5, 0.6) is 0 Å². The number of epoxide rings is 2. The molecule has 2 saturated heterocycles. The topological polar surface area (TPSA) is 42.1 Å². The van der Waals surface area contributed by atoms with Crippen molar-refractivity contribution in [1.82, 2.24) is 0 Å². The molecule has 4 atom stereocenters. The molecule has 0 bridgehead atoms. The van der Waals surface area contributed by atoms with Gasteiger partial charge in [0.15, 0.2) is 11.2 Å². The van der Waals surface area contributed by atoms with Gasteiger partial charge < -0.3 is 9.47 Å². The van der Waals surface area contributed by atoms with Crippen molar-refractivity contribution in [3.05, 3.63) is 143 Å². The Morgan fingerprint density at radius 1 is 0.550 bits per heavy atom. The number of ketones is 1. The number of alkyl halides is 6. The van der Waals surface area contributed by atoms with E-state index >= 15 is 0 Å². The molecule has 0 aromatic heterocycles. The van der Waals surface area contributed by atoms with Crippen LogP contribution >= 0.6 is 0 Å². The summed E-state index contributed by atoms with van der Waals surface area (Å²) in [6.45, 7) is 0. The minimum atomic E-state index is -4.61. The fourth-order valence-electron chi connectivity index (χ4n) is 5.36. The van der Waals surface area contributed by atoms with Crippen LogP contribution < -0.4 is 0 Å². The van der Waals surface area contributed by atoms with Crippen molar-refractivity contribution in [3.8, 4) is 0 Å². The van der Waals surface area contributed by atoms with Crippen molar-refractivity contribution >= 4 is 5.78 Å². The third-order valence-corrected chi connectivity index (χ3v) is 7.34. The first kappa shape index (κ1) is 26.3. The van der Waals surface area contributed by atoms with E-state index in [1.54, 1.807) is 60.7 Å². The predicted octanol–water partition coefficient (Wildman–Crippen LogP) is 7.93. The molecule has 0 amide bonds. The number of hydrogen-bond acceptors (Lipinski definition) is 3. The third kappa shape index (κ3) is 4.20. The molecule has 204 valence electrons. The number of benzene rings is 4. The fraction of sp³-hybridized carbons (Fsp3) is 0.194. The summed E-state index contributed by atoms with van der Waals surface area (Å²) in [4.78, 5) is 14.6. The summed E-state index contributed by atoms with van der Waals surface area (Å²) in [7, 11) is 0. The lowest BCUT2D eigenvalue weighted by atomic mass is 9.77. The van der Waals surface area contributed by atoms with Crippen LogP contribution in [0.3, 0.4) is 0 Å². The zero-order valence-corrected chi connectivity index (χ0v) is 20.5. The maximum absolute atomic E-state index is 14.6. The van der Waals surface area contributed by atoms with Crippen molar-refractivity contribution < 1.29 is 40.6 Å². The van der Waals surface area contributed by atoms with E-state index in [9.17, 15) is 31.1 Å². The van der Waals surface area contributed by atoms with Gasteiger partial charge in [-0.25, -0.2) is 0 Å². The van der Waals surface area contributed by atoms with E-state index in [0.717, 1.165) is 24.3 Å². The zero-order chi connectivity index (χ0) is 28.3. The molecule has 4 unspecified atom stereocenters. The van der Waals surface area contributed by atoms with Crippen LogP contribution in [-0.4, -0.2) is 5.78 Å². The van der Waals surface area contributed by atoms with Gasteiger partial charge in [0, 0.05) is 0 Å². The molecule has 0 spiro atoms. The normalized spacial score (nSPS) is 25.9. The Morgan fingerprint density at radius 2 is 0.925 bits per heavy atom. The summed E-state index contributed by atoms with van der Waals surface area (Å²) in [6, 6.07) is 25.8. The van der Waals surface area contributed by atoms with Gasteiger partial charge in [-0.3, -0.25) is 4.79 Å². The summed E-state index contributed by atoms with van der Waals surface area (Å²) < 4.78 is 93.0. The maximum Gasteiger partial charge on any atom is 0.416 e. The van der Waals surface area contributed by atoms with Gasteiger partial charge in [-0.1, -0.05) is 84.9 Å². The number of hydrogen-bond donors (Lipinski definition) is 0. The lowest BCUT2D eigenvalue weighted by Gasteiger charge is -2.20. The van der Waals surface area contributed by atoms with Crippen LogP contribution in [0.15, 0.2) is 109 Å². The van der Waals surface area contributed by atoms with Gasteiger partial charge in [0.05, 0.1) is 11.1 Å². The van der Waals surface area contributed by atoms with Crippen molar-refractivity contribution in [3.63, 3.8) is 0 Å². The fourth-order valence-corrected chi connectivity index (χ4v) is 5.36. The average Bonchev–Trinajstić information content (AvgIpc) is 3.87. The van der Waals surface area contributed by atoms with E-state index in [0.29, 0.717) is 11.1 Å². The number of carbonyl (C=O) groups excluding carboxylic acids is 1. The van der Waals surface area contributed by atoms with Crippen LogP contribution in [0.4, 0.5) is 26.3 Å². The van der Waals surface area contributed by atoms with E-state index in [1.165, 1.54) is 24.3 Å². The molecule has 2 fully saturated rings. The second-order valence-electron chi connectivity index (χ2n) is 9.77. The summed E-state index contributed by atoms with van der Waals surface area (Å²) in [6.07, 6.45) is -11.4. The molecular weight excluding hydrogens is 534 g/mol. The van der Waals surface area contributed by atoms with Crippen molar-refractivity contribution in [2.75, 3.05) is 0 Å². The summed E-state index contributed by atoms with van der Waals surface area (Å²) in [5.41, 5.74) is -4.14. The number of halogens is 6. The van der Waals surface area contributed by atoms with Crippen molar-refractivity contribution in [2.45, 2.75) is 35.8 Å². The Hall–Kier alpha value is -3.95. The first-order valence-corrected chi connectivity index (χ1v) is 12.3. The van der Waals surface area contributed by atoms with Crippen molar-refractivity contribution in [1.29, 1.82) is 0 Å². The molecule has 4 aromatic carbocycles. The van der Waals surface area contributed by atoms with Gasteiger partial charge in [-0.2, -0.15) is 26.3 Å². The molecule has 6 rings (SSSR count). The van der Waals surface area contributed by atoms with Gasteiger partial charge >= 0.3 is 12.4 Å². The number of rotatable bonds is 6. The monoisotopic (exact) mass is 554 g/mol. The highest BCUT2D eigenvalue weighted by Crippen LogP contribution is 2.67. The molecule has 0 N–H and O–H groups in total. The number of ether oxygens (including phenoxy) is 2. The summed E-state index contributed by atoms with van der Waals surface area (Å²) in [5, 5.41) is 0. The van der Waals surface area contributed by atoms with E-state index < -0.39 is 52.7 Å². The molecule has 0 saturated carbocycles. The molecule has 0 radical (unpaired) electrons. The molecule has 9 heteroatoms. The molecule has 2 heterocycles. The Bertz CT molecular complexity index is 1450. The number of Topliss-reactive ketones (excluding diaryl/α,β-unsaturated/α-hetero) is 1. The zero-order valence-electron chi connectivity index (χ0n) is 20.5. The second kappa shape index (κ2) is 9.04. The Labute approximate surface area is 225 Å². The van der Waals surface area contributed by atoms with Gasteiger partial charge in [-0.05, 0) is 46.5 Å². The summed E-state index contributed by atoms with van der Waals surface area (Å²) in [5.74, 6) is -0.609. The average molecular weight is 554 g/mol. The largest absolute Gasteiger partial charge is 0.416 e. The van der Waals surface area contributed by atoms with Crippen LogP contribution in [-0.2, 0) is 37.8 Å². The number of carbonyl (C=O) groups is 1. The molecule has 2 aliphatic rings. The lowest BCUT2D eigenvalue weighted by molar-refractivity contribution is -0.138. The Balaban J connectivity index is 1.47. The van der Waals surface area contributed by atoms with Gasteiger partial charge in [0.25, 0.3) is 0 Å². The standard InChI is InChI=1S/C31H20F6O3/c32-30(33,34)23-15-7-9-19(17-23)25-28(39-25,21-11-3-1-4-12-21)27(38)29(22-13-5-2-6-14-22)26(40-29)20-10-8-16-24(18-20)31(35,36)37/h1-18,25-26H. The van der Waals surface area contributed by atoms with Crippen LogP contribution in [0.2, 0.25) is 0 Å². The first-order chi connectivity index (χ1) is 19.0. The van der Waals surface area contributed by atoms with Crippen molar-refractivity contribution in [2.24, 2.45) is 0 Å². The molecule has 40 heavy (non-hydrogen) atoms. The highest BCUT2D eigenvalue weighted by atomic mass is 19.4. The van der Waals surface area contributed by atoms with E-state index in [2.05, 4.69) is 0 Å². The highest BCUT2D eigenvalue weighted by Gasteiger charge is 2.76. The summed E-state index contributed by atoms with van der Waals surface area (Å²) >= 11 is 0. The van der Waals surface area contributed by atoms with E-state index in [4.69, 9.17) is 9.47 Å².